The summed E-state index contributed by atoms with van der Waals surface area (Å²) in [5, 5.41) is 7.11. The summed E-state index contributed by atoms with van der Waals surface area (Å²) < 4.78 is 0. The van der Waals surface area contributed by atoms with Gasteiger partial charge in [-0.15, -0.1) is 0 Å². The average molecular weight is 457 g/mol. The van der Waals surface area contributed by atoms with Gasteiger partial charge in [-0.25, -0.2) is 0 Å². The zero-order valence-electron chi connectivity index (χ0n) is 18.1. The predicted molar refractivity (Wildman–Crippen MR) is 123 cm³/mol. The van der Waals surface area contributed by atoms with Gasteiger partial charge in [0.25, 0.3) is 5.91 Å². The highest BCUT2D eigenvalue weighted by Crippen LogP contribution is 2.23. The van der Waals surface area contributed by atoms with E-state index in [-0.39, 0.29) is 23.9 Å². The molecule has 6 nitrogen and oxygen atoms in total. The van der Waals surface area contributed by atoms with Gasteiger partial charge in [0.2, 0.25) is 5.91 Å². The second kappa shape index (κ2) is 11.9. The number of benzene rings is 1. The van der Waals surface area contributed by atoms with E-state index < -0.39 is 0 Å². The minimum atomic E-state index is -0.325. The topological polar surface area (TPSA) is 87.5 Å². The summed E-state index contributed by atoms with van der Waals surface area (Å²) in [4.78, 5) is 27.5. The van der Waals surface area contributed by atoms with E-state index in [1.54, 1.807) is 18.2 Å². The first-order valence-electron chi connectivity index (χ1n) is 10.7. The normalized spacial score (nSPS) is 20.9. The molecule has 0 aliphatic carbocycles. The molecule has 0 unspecified atom stereocenters. The van der Waals surface area contributed by atoms with Crippen LogP contribution >= 0.6 is 23.2 Å². The Morgan fingerprint density at radius 1 is 1.33 bits per heavy atom. The fourth-order valence-electron chi connectivity index (χ4n) is 3.85. The van der Waals surface area contributed by atoms with Crippen LogP contribution in [0.3, 0.4) is 0 Å². The van der Waals surface area contributed by atoms with Crippen LogP contribution in [0, 0.1) is 11.8 Å². The molecule has 1 fully saturated rings. The van der Waals surface area contributed by atoms with E-state index >= 15 is 0 Å². The number of nitrogens with two attached hydrogens (primary N) is 1. The van der Waals surface area contributed by atoms with Crippen LogP contribution in [0.15, 0.2) is 18.2 Å². The molecule has 2 rings (SSSR count). The van der Waals surface area contributed by atoms with Crippen molar-refractivity contribution in [1.82, 2.24) is 15.5 Å². The summed E-state index contributed by atoms with van der Waals surface area (Å²) >= 11 is 11.9. The number of carbonyl (C=O) groups excluding carboxylic acids is 2. The lowest BCUT2D eigenvalue weighted by Gasteiger charge is -2.30. The maximum Gasteiger partial charge on any atom is 0.251 e. The van der Waals surface area contributed by atoms with Crippen molar-refractivity contribution in [2.45, 2.75) is 52.1 Å². The summed E-state index contributed by atoms with van der Waals surface area (Å²) in [6.07, 6.45) is 2.38. The third-order valence-corrected chi connectivity index (χ3v) is 6.60. The SMILES string of the molecule is CC[C@H](CN1CC[C@@H](CNC(=O)c2ccc(Cl)c(Cl)c2)N[C@@H](CCN)C1=O)C(C)C. The van der Waals surface area contributed by atoms with Crippen molar-refractivity contribution in [3.8, 4) is 0 Å². The molecule has 0 bridgehead atoms. The predicted octanol–water partition coefficient (Wildman–Crippen LogP) is 3.31. The van der Waals surface area contributed by atoms with Crippen LogP contribution < -0.4 is 16.4 Å². The number of nitrogens with zero attached hydrogens (tertiary/aromatic N) is 1. The van der Waals surface area contributed by atoms with Crippen molar-refractivity contribution < 1.29 is 9.59 Å². The van der Waals surface area contributed by atoms with Crippen LogP contribution in [0.4, 0.5) is 0 Å². The molecule has 2 amide bonds. The summed E-state index contributed by atoms with van der Waals surface area (Å²) in [5.41, 5.74) is 6.22. The Hall–Kier alpha value is -1.34. The van der Waals surface area contributed by atoms with E-state index in [1.165, 1.54) is 0 Å². The van der Waals surface area contributed by atoms with Gasteiger partial charge in [-0.05, 0) is 49.4 Å². The molecule has 4 N–H and O–H groups in total. The molecule has 30 heavy (non-hydrogen) atoms. The maximum atomic E-state index is 13.1. The van der Waals surface area contributed by atoms with E-state index in [2.05, 4.69) is 31.4 Å². The smallest absolute Gasteiger partial charge is 0.251 e. The Morgan fingerprint density at radius 2 is 2.07 bits per heavy atom. The van der Waals surface area contributed by atoms with Gasteiger partial charge in [-0.2, -0.15) is 0 Å². The fraction of sp³-hybridized carbons (Fsp3) is 0.636. The first kappa shape index (κ1) is 24.9. The molecule has 0 aromatic heterocycles. The Morgan fingerprint density at radius 3 is 2.67 bits per heavy atom. The molecule has 1 heterocycles. The van der Waals surface area contributed by atoms with Crippen LogP contribution in [-0.4, -0.2) is 55.0 Å². The fourth-order valence-corrected chi connectivity index (χ4v) is 4.14. The molecule has 1 aliphatic heterocycles. The Kier molecular flexibility index (Phi) is 9.88. The van der Waals surface area contributed by atoms with E-state index in [9.17, 15) is 9.59 Å². The number of hydrogen-bond acceptors (Lipinski definition) is 4. The molecule has 1 aromatic rings. The lowest BCUT2D eigenvalue weighted by molar-refractivity contribution is -0.133. The van der Waals surface area contributed by atoms with Gasteiger partial charge in [0.15, 0.2) is 0 Å². The number of amides is 2. The zero-order valence-corrected chi connectivity index (χ0v) is 19.6. The van der Waals surface area contributed by atoms with Gasteiger partial charge in [-0.1, -0.05) is 50.4 Å². The first-order valence-corrected chi connectivity index (χ1v) is 11.5. The summed E-state index contributed by atoms with van der Waals surface area (Å²) in [7, 11) is 0. The van der Waals surface area contributed by atoms with Crippen LogP contribution in [0.1, 0.15) is 50.4 Å². The minimum Gasteiger partial charge on any atom is -0.350 e. The van der Waals surface area contributed by atoms with Gasteiger partial charge in [0.1, 0.15) is 0 Å². The van der Waals surface area contributed by atoms with Crippen molar-refractivity contribution in [3.05, 3.63) is 33.8 Å². The van der Waals surface area contributed by atoms with E-state index in [0.29, 0.717) is 53.5 Å². The largest absolute Gasteiger partial charge is 0.350 e. The van der Waals surface area contributed by atoms with Crippen molar-refractivity contribution in [1.29, 1.82) is 0 Å². The second-order valence-electron chi connectivity index (χ2n) is 8.32. The molecular weight excluding hydrogens is 423 g/mol. The Balaban J connectivity index is 2.02. The van der Waals surface area contributed by atoms with Gasteiger partial charge < -0.3 is 21.3 Å². The average Bonchev–Trinajstić information content (AvgIpc) is 2.85. The Labute approximate surface area is 189 Å². The maximum absolute atomic E-state index is 13.1. The summed E-state index contributed by atoms with van der Waals surface area (Å²) in [6, 6.07) is 4.47. The van der Waals surface area contributed by atoms with Crippen LogP contribution in [0.25, 0.3) is 0 Å². The molecule has 0 radical (unpaired) electrons. The highest BCUT2D eigenvalue weighted by Gasteiger charge is 2.31. The van der Waals surface area contributed by atoms with Crippen LogP contribution in [-0.2, 0) is 4.79 Å². The molecule has 0 saturated carbocycles. The number of halogens is 2. The van der Waals surface area contributed by atoms with Crippen molar-refractivity contribution in [2.24, 2.45) is 17.6 Å². The van der Waals surface area contributed by atoms with Crippen molar-refractivity contribution >= 4 is 35.0 Å². The van der Waals surface area contributed by atoms with E-state index in [0.717, 1.165) is 19.4 Å². The third-order valence-electron chi connectivity index (χ3n) is 5.86. The number of nitrogens with one attached hydrogen (secondary N) is 2. The van der Waals surface area contributed by atoms with Gasteiger partial charge >= 0.3 is 0 Å². The quantitative estimate of drug-likeness (QED) is 0.531. The molecule has 1 saturated heterocycles. The molecular formula is C22H34Cl2N4O2. The number of hydrogen-bond donors (Lipinski definition) is 3. The van der Waals surface area contributed by atoms with E-state index in [4.69, 9.17) is 28.9 Å². The van der Waals surface area contributed by atoms with Crippen LogP contribution in [0.5, 0.6) is 0 Å². The van der Waals surface area contributed by atoms with Crippen molar-refractivity contribution in [3.63, 3.8) is 0 Å². The summed E-state index contributed by atoms with van der Waals surface area (Å²) in [6.45, 7) is 8.86. The minimum absolute atomic E-state index is 0.0126. The molecule has 1 aliphatic rings. The van der Waals surface area contributed by atoms with Gasteiger partial charge in [0.05, 0.1) is 16.1 Å². The molecule has 0 spiro atoms. The lowest BCUT2D eigenvalue weighted by Crippen LogP contribution is -2.50. The number of carbonyl (C=O) groups is 2. The zero-order chi connectivity index (χ0) is 22.3. The second-order valence-corrected chi connectivity index (χ2v) is 9.13. The van der Waals surface area contributed by atoms with Crippen molar-refractivity contribution in [2.75, 3.05) is 26.2 Å². The van der Waals surface area contributed by atoms with Gasteiger partial charge in [0, 0.05) is 31.2 Å². The third kappa shape index (κ3) is 6.84. The van der Waals surface area contributed by atoms with E-state index in [1.807, 2.05) is 4.90 Å². The molecule has 1 aromatic carbocycles. The molecule has 168 valence electrons. The Bertz CT molecular complexity index is 729. The standard InChI is InChI=1S/C22H34Cl2N4O2/c1-4-15(14(2)3)13-28-10-8-17(27-20(7-9-25)22(28)30)12-26-21(29)16-5-6-18(23)19(24)11-16/h5-6,11,14-15,17,20,27H,4,7-10,12-13,25H2,1-3H3,(H,26,29)/t15-,17+,20+/m1/s1. The molecule has 8 heteroatoms. The molecule has 3 atom stereocenters. The first-order chi connectivity index (χ1) is 14.3. The monoisotopic (exact) mass is 456 g/mol. The summed E-state index contributed by atoms with van der Waals surface area (Å²) in [5.74, 6) is 0.883. The highest BCUT2D eigenvalue weighted by atomic mass is 35.5. The highest BCUT2D eigenvalue weighted by molar-refractivity contribution is 6.42. The van der Waals surface area contributed by atoms with Crippen LogP contribution in [0.2, 0.25) is 10.0 Å². The number of rotatable bonds is 9. The lowest BCUT2D eigenvalue weighted by atomic mass is 9.92. The van der Waals surface area contributed by atoms with Gasteiger partial charge in [-0.3, -0.25) is 9.59 Å².